The Morgan fingerprint density at radius 2 is 1.50 bits per heavy atom. The maximum absolute atomic E-state index is 12.8. The SMILES string of the molecule is NC(=O)C1SC(C2CCC(Cl)CC2)CC1NS(=O)(=O)C1CCC(Cl)CC1. The predicted molar refractivity (Wildman–Crippen MR) is 108 cm³/mol. The van der Waals surface area contributed by atoms with Gasteiger partial charge in [-0.1, -0.05) is 0 Å². The lowest BCUT2D eigenvalue weighted by molar-refractivity contribution is -0.117. The summed E-state index contributed by atoms with van der Waals surface area (Å²) < 4.78 is 28.4. The van der Waals surface area contributed by atoms with Crippen molar-refractivity contribution in [1.29, 1.82) is 0 Å². The van der Waals surface area contributed by atoms with Gasteiger partial charge in [0.25, 0.3) is 0 Å². The van der Waals surface area contributed by atoms with Crippen molar-refractivity contribution >= 4 is 50.9 Å². The summed E-state index contributed by atoms with van der Waals surface area (Å²) in [5.74, 6) is 0.0544. The summed E-state index contributed by atoms with van der Waals surface area (Å²) in [5.41, 5.74) is 5.58. The number of nitrogens with one attached hydrogen (secondary N) is 1. The molecule has 0 aromatic carbocycles. The molecule has 0 aromatic rings. The van der Waals surface area contributed by atoms with Gasteiger partial charge in [-0.05, 0) is 63.7 Å². The first-order valence-electron chi connectivity index (χ1n) is 9.50. The first-order valence-corrected chi connectivity index (χ1v) is 12.9. The molecular formula is C17H28Cl2N2O3S2. The number of primary amides is 1. The summed E-state index contributed by atoms with van der Waals surface area (Å²) in [7, 11) is -3.47. The Bertz CT molecular complexity index is 603. The third-order valence-electron chi connectivity index (χ3n) is 6.04. The van der Waals surface area contributed by atoms with E-state index in [-0.39, 0.29) is 16.0 Å². The van der Waals surface area contributed by atoms with Crippen LogP contribution in [0, 0.1) is 5.92 Å². The number of thioether (sulfide) groups is 1. The van der Waals surface area contributed by atoms with E-state index < -0.39 is 32.5 Å². The Kier molecular flexibility index (Phi) is 7.09. The fourth-order valence-electron chi connectivity index (χ4n) is 4.48. The van der Waals surface area contributed by atoms with Crippen LogP contribution in [0.2, 0.25) is 0 Å². The van der Waals surface area contributed by atoms with E-state index in [0.717, 1.165) is 38.5 Å². The first-order chi connectivity index (χ1) is 12.3. The second kappa shape index (κ2) is 8.76. The van der Waals surface area contributed by atoms with E-state index in [4.69, 9.17) is 28.9 Å². The maximum Gasteiger partial charge on any atom is 0.232 e. The highest BCUT2D eigenvalue weighted by atomic mass is 35.5. The van der Waals surface area contributed by atoms with Crippen molar-refractivity contribution in [2.24, 2.45) is 11.7 Å². The molecule has 1 heterocycles. The molecule has 1 aliphatic heterocycles. The van der Waals surface area contributed by atoms with Crippen LogP contribution < -0.4 is 10.5 Å². The molecule has 3 fully saturated rings. The van der Waals surface area contributed by atoms with Crippen LogP contribution in [-0.4, -0.2) is 46.9 Å². The quantitative estimate of drug-likeness (QED) is 0.640. The van der Waals surface area contributed by atoms with Crippen molar-refractivity contribution in [2.75, 3.05) is 0 Å². The molecule has 1 saturated heterocycles. The number of nitrogens with two attached hydrogens (primary N) is 1. The molecule has 2 aliphatic carbocycles. The van der Waals surface area contributed by atoms with Gasteiger partial charge in [0.05, 0.1) is 10.5 Å². The number of hydrogen-bond donors (Lipinski definition) is 2. The van der Waals surface area contributed by atoms with Gasteiger partial charge in [0.2, 0.25) is 15.9 Å². The average molecular weight is 443 g/mol. The number of rotatable bonds is 5. The molecule has 3 atom stereocenters. The van der Waals surface area contributed by atoms with Gasteiger partial charge in [-0.25, -0.2) is 13.1 Å². The van der Waals surface area contributed by atoms with E-state index >= 15 is 0 Å². The maximum atomic E-state index is 12.8. The van der Waals surface area contributed by atoms with E-state index in [1.807, 2.05) is 0 Å². The molecule has 150 valence electrons. The lowest BCUT2D eigenvalue weighted by atomic mass is 9.84. The zero-order valence-corrected chi connectivity index (χ0v) is 17.9. The second-order valence-electron chi connectivity index (χ2n) is 7.89. The van der Waals surface area contributed by atoms with Gasteiger partial charge in [0.1, 0.15) is 0 Å². The van der Waals surface area contributed by atoms with Crippen LogP contribution in [0.15, 0.2) is 0 Å². The van der Waals surface area contributed by atoms with Crippen LogP contribution in [0.1, 0.15) is 57.8 Å². The summed E-state index contributed by atoms with van der Waals surface area (Å²) in [6.07, 6.45) is 7.31. The van der Waals surface area contributed by atoms with Crippen molar-refractivity contribution < 1.29 is 13.2 Å². The number of carbonyl (C=O) groups excluding carboxylic acids is 1. The van der Waals surface area contributed by atoms with Crippen molar-refractivity contribution in [2.45, 2.75) is 90.3 Å². The Balaban J connectivity index is 1.64. The van der Waals surface area contributed by atoms with E-state index in [1.165, 1.54) is 0 Å². The van der Waals surface area contributed by atoms with E-state index in [9.17, 15) is 13.2 Å². The molecular weight excluding hydrogens is 415 g/mol. The third-order valence-corrected chi connectivity index (χ3v) is 10.7. The molecule has 0 radical (unpaired) electrons. The largest absolute Gasteiger partial charge is 0.369 e. The molecule has 3 unspecified atom stereocenters. The Morgan fingerprint density at radius 3 is 2.04 bits per heavy atom. The van der Waals surface area contributed by atoms with Gasteiger partial charge in [0, 0.05) is 22.0 Å². The van der Waals surface area contributed by atoms with Crippen molar-refractivity contribution in [3.8, 4) is 0 Å². The summed E-state index contributed by atoms with van der Waals surface area (Å²) >= 11 is 13.8. The summed E-state index contributed by atoms with van der Waals surface area (Å²) in [6.45, 7) is 0. The van der Waals surface area contributed by atoms with Crippen LogP contribution in [0.5, 0.6) is 0 Å². The van der Waals surface area contributed by atoms with Crippen molar-refractivity contribution in [3.63, 3.8) is 0 Å². The lowest BCUT2D eigenvalue weighted by Gasteiger charge is -2.29. The fourth-order valence-corrected chi connectivity index (χ4v) is 8.50. The molecule has 26 heavy (non-hydrogen) atoms. The van der Waals surface area contributed by atoms with Gasteiger partial charge < -0.3 is 5.73 Å². The third kappa shape index (κ3) is 5.02. The standard InChI is InChI=1S/C17H28Cl2N2O3S2/c18-11-3-1-10(2-4-11)15-9-14(16(25-15)17(20)22)21-26(23,24)13-7-5-12(19)6-8-13/h10-16,21H,1-9H2,(H2,20,22). The second-order valence-corrected chi connectivity index (χ2v) is 12.5. The number of carbonyl (C=O) groups is 1. The zero-order valence-electron chi connectivity index (χ0n) is 14.8. The highest BCUT2D eigenvalue weighted by Gasteiger charge is 2.45. The van der Waals surface area contributed by atoms with E-state index in [1.54, 1.807) is 11.8 Å². The molecule has 1 amide bonds. The molecule has 2 saturated carbocycles. The average Bonchev–Trinajstić information content (AvgIpc) is 2.99. The number of hydrogen-bond acceptors (Lipinski definition) is 4. The van der Waals surface area contributed by atoms with Gasteiger partial charge >= 0.3 is 0 Å². The van der Waals surface area contributed by atoms with Crippen LogP contribution in [0.3, 0.4) is 0 Å². The minimum absolute atomic E-state index is 0.0725. The van der Waals surface area contributed by atoms with Gasteiger partial charge in [-0.2, -0.15) is 0 Å². The number of sulfonamides is 1. The monoisotopic (exact) mass is 442 g/mol. The Labute approximate surface area is 170 Å². The summed E-state index contributed by atoms with van der Waals surface area (Å²) in [6, 6.07) is -0.407. The van der Waals surface area contributed by atoms with Gasteiger partial charge in [-0.3, -0.25) is 4.79 Å². The smallest absolute Gasteiger partial charge is 0.232 e. The van der Waals surface area contributed by atoms with Crippen molar-refractivity contribution in [3.05, 3.63) is 0 Å². The summed E-state index contributed by atoms with van der Waals surface area (Å²) in [5, 5.41) is -0.322. The van der Waals surface area contributed by atoms with Crippen LogP contribution in [0.25, 0.3) is 0 Å². The molecule has 0 spiro atoms. The topological polar surface area (TPSA) is 89.3 Å². The highest BCUT2D eigenvalue weighted by Crippen LogP contribution is 2.44. The Morgan fingerprint density at radius 1 is 0.962 bits per heavy atom. The lowest BCUT2D eigenvalue weighted by Crippen LogP contribution is -2.48. The molecule has 3 N–H and O–H groups in total. The Hall–Kier alpha value is 0.310. The van der Waals surface area contributed by atoms with Crippen LogP contribution in [-0.2, 0) is 14.8 Å². The van der Waals surface area contributed by atoms with Gasteiger partial charge in [0.15, 0.2) is 0 Å². The number of halogens is 2. The first kappa shape index (κ1) is 21.0. The molecule has 9 heteroatoms. The minimum atomic E-state index is -3.47. The molecule has 3 aliphatic rings. The molecule has 3 rings (SSSR count). The fraction of sp³-hybridized carbons (Fsp3) is 0.941. The minimum Gasteiger partial charge on any atom is -0.369 e. The molecule has 5 nitrogen and oxygen atoms in total. The predicted octanol–water partition coefficient (Wildman–Crippen LogP) is 2.98. The van der Waals surface area contributed by atoms with Crippen LogP contribution >= 0.6 is 35.0 Å². The molecule has 0 aromatic heterocycles. The molecule has 0 bridgehead atoms. The number of amides is 1. The van der Waals surface area contributed by atoms with Gasteiger partial charge in [-0.15, -0.1) is 35.0 Å². The van der Waals surface area contributed by atoms with Crippen molar-refractivity contribution in [1.82, 2.24) is 4.72 Å². The van der Waals surface area contributed by atoms with E-state index in [2.05, 4.69) is 4.72 Å². The van der Waals surface area contributed by atoms with E-state index in [0.29, 0.717) is 25.2 Å². The zero-order chi connectivity index (χ0) is 18.9. The summed E-state index contributed by atoms with van der Waals surface area (Å²) in [4.78, 5) is 11.9. The van der Waals surface area contributed by atoms with Crippen LogP contribution in [0.4, 0.5) is 0 Å². The normalized spacial score (nSPS) is 41.8. The highest BCUT2D eigenvalue weighted by molar-refractivity contribution is 8.01. The number of alkyl halides is 2.